The molecule has 1 aliphatic carbocycles. The van der Waals surface area contributed by atoms with Gasteiger partial charge in [-0.05, 0) is 32.8 Å². The molecule has 6 heteroatoms. The SMILES string of the molecule is Cc1cc(C)n(-c2cncc(NCC3CCCCC3O)n2)n1. The van der Waals surface area contributed by atoms with Gasteiger partial charge in [0.15, 0.2) is 5.82 Å². The highest BCUT2D eigenvalue weighted by Gasteiger charge is 2.22. The Morgan fingerprint density at radius 3 is 2.82 bits per heavy atom. The average Bonchev–Trinajstić information content (AvgIpc) is 2.85. The Kier molecular flexibility index (Phi) is 4.38. The van der Waals surface area contributed by atoms with E-state index >= 15 is 0 Å². The molecule has 3 rings (SSSR count). The minimum atomic E-state index is -0.201. The first-order chi connectivity index (χ1) is 10.6. The van der Waals surface area contributed by atoms with Gasteiger partial charge in [-0.3, -0.25) is 4.98 Å². The fourth-order valence-corrected chi connectivity index (χ4v) is 3.07. The van der Waals surface area contributed by atoms with Gasteiger partial charge in [-0.15, -0.1) is 0 Å². The largest absolute Gasteiger partial charge is 0.393 e. The molecule has 1 fully saturated rings. The molecule has 0 radical (unpaired) electrons. The zero-order chi connectivity index (χ0) is 15.5. The Bertz CT molecular complexity index is 639. The molecule has 22 heavy (non-hydrogen) atoms. The number of hydrogen-bond donors (Lipinski definition) is 2. The molecular formula is C16H23N5O. The van der Waals surface area contributed by atoms with Gasteiger partial charge < -0.3 is 10.4 Å². The summed E-state index contributed by atoms with van der Waals surface area (Å²) in [5.74, 6) is 1.73. The van der Waals surface area contributed by atoms with Crippen LogP contribution in [-0.2, 0) is 0 Å². The van der Waals surface area contributed by atoms with Crippen molar-refractivity contribution in [3.63, 3.8) is 0 Å². The quantitative estimate of drug-likeness (QED) is 0.906. The van der Waals surface area contributed by atoms with E-state index in [2.05, 4.69) is 20.4 Å². The lowest BCUT2D eigenvalue weighted by Crippen LogP contribution is -2.30. The number of anilines is 1. The van der Waals surface area contributed by atoms with Crippen molar-refractivity contribution >= 4 is 5.82 Å². The molecule has 0 saturated heterocycles. The maximum absolute atomic E-state index is 10.0. The van der Waals surface area contributed by atoms with Crippen LogP contribution in [0.2, 0.25) is 0 Å². The number of aliphatic hydroxyl groups excluding tert-OH is 1. The Labute approximate surface area is 130 Å². The fourth-order valence-electron chi connectivity index (χ4n) is 3.07. The number of nitrogens with zero attached hydrogens (tertiary/aromatic N) is 4. The summed E-state index contributed by atoms with van der Waals surface area (Å²) in [6.07, 6.45) is 7.52. The highest BCUT2D eigenvalue weighted by molar-refractivity contribution is 5.36. The molecule has 118 valence electrons. The smallest absolute Gasteiger partial charge is 0.174 e. The lowest BCUT2D eigenvalue weighted by Gasteiger charge is -2.27. The summed E-state index contributed by atoms with van der Waals surface area (Å²) in [6.45, 7) is 4.69. The second-order valence-electron chi connectivity index (χ2n) is 6.09. The molecule has 0 aliphatic heterocycles. The van der Waals surface area contributed by atoms with Crippen LogP contribution in [0.3, 0.4) is 0 Å². The van der Waals surface area contributed by atoms with Crippen LogP contribution in [0, 0.1) is 19.8 Å². The van der Waals surface area contributed by atoms with Gasteiger partial charge in [0.05, 0.1) is 24.2 Å². The summed E-state index contributed by atoms with van der Waals surface area (Å²) in [6, 6.07) is 2.01. The van der Waals surface area contributed by atoms with E-state index in [1.165, 1.54) is 6.42 Å². The molecule has 6 nitrogen and oxygen atoms in total. The standard InChI is InChI=1S/C16H23N5O/c1-11-7-12(2)21(20-11)16-10-17-9-15(19-16)18-8-13-5-3-4-6-14(13)22/h7,9-10,13-14,22H,3-6,8H2,1-2H3,(H,18,19). The minimum Gasteiger partial charge on any atom is -0.393 e. The highest BCUT2D eigenvalue weighted by Crippen LogP contribution is 2.24. The van der Waals surface area contributed by atoms with E-state index in [1.807, 2.05) is 19.9 Å². The lowest BCUT2D eigenvalue weighted by atomic mass is 9.86. The summed E-state index contributed by atoms with van der Waals surface area (Å²) < 4.78 is 1.79. The molecule has 2 aromatic rings. The van der Waals surface area contributed by atoms with Crippen molar-refractivity contribution < 1.29 is 5.11 Å². The molecule has 0 spiro atoms. The van der Waals surface area contributed by atoms with Crippen LogP contribution in [0.1, 0.15) is 37.1 Å². The zero-order valence-corrected chi connectivity index (χ0v) is 13.2. The van der Waals surface area contributed by atoms with E-state index < -0.39 is 0 Å². The third kappa shape index (κ3) is 3.27. The van der Waals surface area contributed by atoms with Crippen molar-refractivity contribution in [2.45, 2.75) is 45.6 Å². The highest BCUT2D eigenvalue weighted by atomic mass is 16.3. The number of rotatable bonds is 4. The van der Waals surface area contributed by atoms with Crippen LogP contribution in [0.5, 0.6) is 0 Å². The predicted octanol–water partition coefficient (Wildman–Crippen LogP) is 2.24. The van der Waals surface area contributed by atoms with Gasteiger partial charge in [-0.2, -0.15) is 5.10 Å². The monoisotopic (exact) mass is 301 g/mol. The molecule has 0 bridgehead atoms. The molecule has 1 aliphatic rings. The van der Waals surface area contributed by atoms with Crippen LogP contribution >= 0.6 is 0 Å². The summed E-state index contributed by atoms with van der Waals surface area (Å²) >= 11 is 0. The van der Waals surface area contributed by atoms with Gasteiger partial charge in [-0.25, -0.2) is 9.67 Å². The van der Waals surface area contributed by atoms with Crippen molar-refractivity contribution in [1.29, 1.82) is 0 Å². The van der Waals surface area contributed by atoms with Crippen molar-refractivity contribution in [3.8, 4) is 5.82 Å². The van der Waals surface area contributed by atoms with Gasteiger partial charge in [0.25, 0.3) is 0 Å². The molecule has 1 saturated carbocycles. The second-order valence-corrected chi connectivity index (χ2v) is 6.09. The molecule has 2 heterocycles. The fraction of sp³-hybridized carbons (Fsp3) is 0.562. The van der Waals surface area contributed by atoms with Gasteiger partial charge >= 0.3 is 0 Å². The van der Waals surface area contributed by atoms with Crippen molar-refractivity contribution in [2.24, 2.45) is 5.92 Å². The Morgan fingerprint density at radius 1 is 1.27 bits per heavy atom. The molecule has 2 atom stereocenters. The summed E-state index contributed by atoms with van der Waals surface area (Å²) in [5.41, 5.74) is 2.00. The third-order valence-electron chi connectivity index (χ3n) is 4.26. The van der Waals surface area contributed by atoms with Crippen LogP contribution in [-0.4, -0.2) is 37.5 Å². The molecule has 2 unspecified atom stereocenters. The van der Waals surface area contributed by atoms with Crippen LogP contribution in [0.25, 0.3) is 5.82 Å². The molecule has 2 N–H and O–H groups in total. The van der Waals surface area contributed by atoms with Crippen LogP contribution in [0.15, 0.2) is 18.5 Å². The van der Waals surface area contributed by atoms with Crippen LogP contribution < -0.4 is 5.32 Å². The molecule has 0 aromatic carbocycles. The summed E-state index contributed by atoms with van der Waals surface area (Å²) in [7, 11) is 0. The number of aliphatic hydroxyl groups is 1. The topological polar surface area (TPSA) is 75.9 Å². The predicted molar refractivity (Wildman–Crippen MR) is 85.1 cm³/mol. The average molecular weight is 301 g/mol. The Hall–Kier alpha value is -1.95. The normalized spacial score (nSPS) is 21.8. The maximum atomic E-state index is 10.0. The second kappa shape index (κ2) is 6.44. The zero-order valence-electron chi connectivity index (χ0n) is 13.2. The summed E-state index contributed by atoms with van der Waals surface area (Å²) in [4.78, 5) is 8.82. The van der Waals surface area contributed by atoms with Gasteiger partial charge in [0.2, 0.25) is 0 Å². The van der Waals surface area contributed by atoms with Gasteiger partial charge in [0, 0.05) is 18.2 Å². The van der Waals surface area contributed by atoms with Gasteiger partial charge in [0.1, 0.15) is 5.82 Å². The third-order valence-corrected chi connectivity index (χ3v) is 4.26. The van der Waals surface area contributed by atoms with Crippen molar-refractivity contribution in [2.75, 3.05) is 11.9 Å². The van der Waals surface area contributed by atoms with E-state index in [1.54, 1.807) is 17.1 Å². The molecule has 0 amide bonds. The Morgan fingerprint density at radius 2 is 2.09 bits per heavy atom. The van der Waals surface area contributed by atoms with Gasteiger partial charge in [-0.1, -0.05) is 12.8 Å². The van der Waals surface area contributed by atoms with E-state index in [-0.39, 0.29) is 6.10 Å². The summed E-state index contributed by atoms with van der Waals surface area (Å²) in [5, 5.41) is 17.8. The first kappa shape index (κ1) is 15.0. The first-order valence-corrected chi connectivity index (χ1v) is 7.91. The molecule has 2 aromatic heterocycles. The van der Waals surface area contributed by atoms with E-state index in [0.717, 1.165) is 43.0 Å². The maximum Gasteiger partial charge on any atom is 0.174 e. The van der Waals surface area contributed by atoms with E-state index in [9.17, 15) is 5.11 Å². The number of nitrogens with one attached hydrogen (secondary N) is 1. The Balaban J connectivity index is 1.70. The molecular weight excluding hydrogens is 278 g/mol. The van der Waals surface area contributed by atoms with Crippen molar-refractivity contribution in [3.05, 3.63) is 29.8 Å². The number of aromatic nitrogens is 4. The first-order valence-electron chi connectivity index (χ1n) is 7.91. The lowest BCUT2D eigenvalue weighted by molar-refractivity contribution is 0.0763. The number of hydrogen-bond acceptors (Lipinski definition) is 5. The van der Waals surface area contributed by atoms with Crippen molar-refractivity contribution in [1.82, 2.24) is 19.7 Å². The van der Waals surface area contributed by atoms with Crippen LogP contribution in [0.4, 0.5) is 5.82 Å². The minimum absolute atomic E-state index is 0.201. The number of aryl methyl sites for hydroxylation is 2. The van der Waals surface area contributed by atoms with E-state index in [4.69, 9.17) is 0 Å². The van der Waals surface area contributed by atoms with E-state index in [0.29, 0.717) is 11.7 Å².